The largest absolute Gasteiger partial charge is 0.573 e. The van der Waals surface area contributed by atoms with Crippen LogP contribution in [-0.2, 0) is 11.3 Å². The fourth-order valence-electron chi connectivity index (χ4n) is 2.03. The number of rotatable bonds is 9. The van der Waals surface area contributed by atoms with Crippen LogP contribution in [0.15, 0.2) is 29.3 Å². The van der Waals surface area contributed by atoms with E-state index in [1.165, 1.54) is 12.1 Å². The number of benzene rings is 1. The van der Waals surface area contributed by atoms with Crippen molar-refractivity contribution in [3.05, 3.63) is 29.8 Å². The number of guanidine groups is 1. The Morgan fingerprint density at radius 2 is 1.88 bits per heavy atom. The second-order valence-corrected chi connectivity index (χ2v) is 5.06. The molecule has 0 amide bonds. The van der Waals surface area contributed by atoms with Crippen LogP contribution in [0.4, 0.5) is 13.2 Å². The summed E-state index contributed by atoms with van der Waals surface area (Å²) in [5, 5.41) is 6.10. The highest BCUT2D eigenvalue weighted by Crippen LogP contribution is 2.25. The second-order valence-electron chi connectivity index (χ2n) is 5.06. The molecule has 0 aliphatic carbocycles. The number of nitrogens with one attached hydrogen (secondary N) is 2. The Bertz CT molecular complexity index is 508. The van der Waals surface area contributed by atoms with E-state index in [4.69, 9.17) is 4.74 Å². The molecule has 0 aromatic heterocycles. The lowest BCUT2D eigenvalue weighted by molar-refractivity contribution is -0.274. The first-order valence-corrected chi connectivity index (χ1v) is 7.73. The van der Waals surface area contributed by atoms with Crippen molar-refractivity contribution >= 4 is 5.96 Å². The van der Waals surface area contributed by atoms with Crippen molar-refractivity contribution in [1.82, 2.24) is 10.6 Å². The van der Waals surface area contributed by atoms with Crippen LogP contribution in [0.5, 0.6) is 5.75 Å². The summed E-state index contributed by atoms with van der Waals surface area (Å²) in [6.07, 6.45) is -1.73. The summed E-state index contributed by atoms with van der Waals surface area (Å²) in [4.78, 5) is 4.05. The fourth-order valence-corrected chi connectivity index (χ4v) is 2.03. The van der Waals surface area contributed by atoms with Gasteiger partial charge in [0.15, 0.2) is 5.96 Å². The molecule has 0 fully saturated rings. The summed E-state index contributed by atoms with van der Waals surface area (Å²) in [6.45, 7) is 1.64. The van der Waals surface area contributed by atoms with Crippen LogP contribution in [0.2, 0.25) is 0 Å². The van der Waals surface area contributed by atoms with Crippen LogP contribution in [-0.4, -0.2) is 39.6 Å². The number of hydrogen-bond donors (Lipinski definition) is 2. The minimum Gasteiger partial charge on any atom is -0.405 e. The smallest absolute Gasteiger partial charge is 0.405 e. The Kier molecular flexibility index (Phi) is 8.99. The van der Waals surface area contributed by atoms with E-state index in [1.54, 1.807) is 26.3 Å². The van der Waals surface area contributed by atoms with E-state index >= 15 is 0 Å². The predicted molar refractivity (Wildman–Crippen MR) is 87.1 cm³/mol. The van der Waals surface area contributed by atoms with E-state index in [-0.39, 0.29) is 12.3 Å². The molecule has 1 aromatic rings. The van der Waals surface area contributed by atoms with E-state index in [1.807, 2.05) is 0 Å². The van der Waals surface area contributed by atoms with Crippen molar-refractivity contribution in [2.24, 2.45) is 4.99 Å². The third kappa shape index (κ3) is 8.61. The summed E-state index contributed by atoms with van der Waals surface area (Å²) >= 11 is 0. The Morgan fingerprint density at radius 1 is 1.12 bits per heavy atom. The molecule has 8 heteroatoms. The molecule has 2 N–H and O–H groups in total. The van der Waals surface area contributed by atoms with Gasteiger partial charge in [-0.3, -0.25) is 4.99 Å². The highest BCUT2D eigenvalue weighted by molar-refractivity contribution is 5.79. The van der Waals surface area contributed by atoms with E-state index in [2.05, 4.69) is 20.4 Å². The number of aliphatic imine (C=N–C) groups is 1. The Morgan fingerprint density at radius 3 is 2.54 bits per heavy atom. The first-order chi connectivity index (χ1) is 11.5. The zero-order valence-corrected chi connectivity index (χ0v) is 13.9. The molecule has 0 spiro atoms. The zero-order chi connectivity index (χ0) is 17.8. The number of halogens is 3. The molecule has 5 nitrogen and oxygen atoms in total. The maximum Gasteiger partial charge on any atom is 0.573 e. The maximum absolute atomic E-state index is 12.4. The van der Waals surface area contributed by atoms with Gasteiger partial charge in [0.1, 0.15) is 5.75 Å². The molecule has 136 valence electrons. The Labute approximate surface area is 140 Å². The quantitative estimate of drug-likeness (QED) is 0.410. The number of hydrogen-bond acceptors (Lipinski definition) is 3. The number of nitrogens with zero attached hydrogens (tertiary/aromatic N) is 1. The first-order valence-electron chi connectivity index (χ1n) is 7.73. The highest BCUT2D eigenvalue weighted by atomic mass is 19.4. The van der Waals surface area contributed by atoms with Gasteiger partial charge in [-0.15, -0.1) is 13.2 Å². The van der Waals surface area contributed by atoms with Crippen LogP contribution in [0.3, 0.4) is 0 Å². The van der Waals surface area contributed by atoms with Crippen molar-refractivity contribution in [2.75, 3.05) is 27.3 Å². The lowest BCUT2D eigenvalue weighted by Crippen LogP contribution is -2.37. The van der Waals surface area contributed by atoms with Crippen molar-refractivity contribution in [1.29, 1.82) is 0 Å². The van der Waals surface area contributed by atoms with E-state index in [9.17, 15) is 13.2 Å². The van der Waals surface area contributed by atoms with Crippen molar-refractivity contribution in [3.8, 4) is 5.75 Å². The summed E-state index contributed by atoms with van der Waals surface area (Å²) in [5.74, 6) is 0.316. The van der Waals surface area contributed by atoms with Crippen molar-refractivity contribution in [3.63, 3.8) is 0 Å². The van der Waals surface area contributed by atoms with Crippen LogP contribution in [0.1, 0.15) is 24.8 Å². The highest BCUT2D eigenvalue weighted by Gasteiger charge is 2.31. The molecule has 1 aromatic carbocycles. The standard InChI is InChI=1S/C16H24F3N3O2/c1-20-15(21-10-6-3-7-11-23-2)22-12-13-8-4-5-9-14(13)24-16(17,18)19/h4-5,8-9H,3,6-7,10-12H2,1-2H3,(H2,20,21,22). The minimum atomic E-state index is -4.71. The van der Waals surface area contributed by atoms with Gasteiger partial charge in [0.05, 0.1) is 0 Å². The molecule has 0 bridgehead atoms. The average Bonchev–Trinajstić information content (AvgIpc) is 2.53. The minimum absolute atomic E-state index is 0.176. The third-order valence-electron chi connectivity index (χ3n) is 3.19. The first kappa shape index (κ1) is 20.1. The molecule has 0 aliphatic rings. The summed E-state index contributed by atoms with van der Waals surface area (Å²) in [6, 6.07) is 6.02. The molecule has 0 atom stereocenters. The normalized spacial score (nSPS) is 12.1. The van der Waals surface area contributed by atoms with Crippen LogP contribution >= 0.6 is 0 Å². The SMILES string of the molecule is CN=C(NCCCCCOC)NCc1ccccc1OC(F)(F)F. The molecule has 24 heavy (non-hydrogen) atoms. The molecular formula is C16H24F3N3O2. The topological polar surface area (TPSA) is 54.9 Å². The van der Waals surface area contributed by atoms with Gasteiger partial charge < -0.3 is 20.1 Å². The summed E-state index contributed by atoms with van der Waals surface area (Å²) < 4.78 is 46.2. The van der Waals surface area contributed by atoms with Crippen LogP contribution < -0.4 is 15.4 Å². The lowest BCUT2D eigenvalue weighted by atomic mass is 10.2. The lowest BCUT2D eigenvalue weighted by Gasteiger charge is -2.15. The number of alkyl halides is 3. The van der Waals surface area contributed by atoms with Crippen molar-refractivity contribution < 1.29 is 22.6 Å². The van der Waals surface area contributed by atoms with Gasteiger partial charge in [0, 0.05) is 39.4 Å². The van der Waals surface area contributed by atoms with Gasteiger partial charge in [-0.2, -0.15) is 0 Å². The molecular weight excluding hydrogens is 323 g/mol. The molecule has 0 radical (unpaired) electrons. The van der Waals surface area contributed by atoms with E-state index in [0.29, 0.717) is 11.5 Å². The van der Waals surface area contributed by atoms with E-state index < -0.39 is 6.36 Å². The molecule has 0 heterocycles. The molecule has 0 saturated carbocycles. The number of unbranched alkanes of at least 4 members (excludes halogenated alkanes) is 2. The van der Waals surface area contributed by atoms with Gasteiger partial charge >= 0.3 is 6.36 Å². The zero-order valence-electron chi connectivity index (χ0n) is 13.9. The Balaban J connectivity index is 2.43. The molecule has 0 aliphatic heterocycles. The molecule has 0 unspecified atom stereocenters. The summed E-state index contributed by atoms with van der Waals surface area (Å²) in [5.41, 5.74) is 0.401. The summed E-state index contributed by atoms with van der Waals surface area (Å²) in [7, 11) is 3.28. The third-order valence-corrected chi connectivity index (χ3v) is 3.19. The monoisotopic (exact) mass is 347 g/mol. The molecule has 0 saturated heterocycles. The Hall–Kier alpha value is -1.96. The number of ether oxygens (including phenoxy) is 2. The van der Waals surface area contributed by atoms with Gasteiger partial charge in [-0.25, -0.2) is 0 Å². The van der Waals surface area contributed by atoms with Gasteiger partial charge in [-0.1, -0.05) is 18.2 Å². The number of para-hydroxylation sites is 1. The van der Waals surface area contributed by atoms with E-state index in [0.717, 1.165) is 32.4 Å². The second kappa shape index (κ2) is 10.7. The average molecular weight is 347 g/mol. The predicted octanol–water partition coefficient (Wildman–Crippen LogP) is 3.07. The van der Waals surface area contributed by atoms with Gasteiger partial charge in [0.2, 0.25) is 0 Å². The maximum atomic E-state index is 12.4. The van der Waals surface area contributed by atoms with Crippen LogP contribution in [0, 0.1) is 0 Å². The number of methoxy groups -OCH3 is 1. The van der Waals surface area contributed by atoms with Crippen molar-refractivity contribution in [2.45, 2.75) is 32.2 Å². The van der Waals surface area contributed by atoms with Crippen LogP contribution in [0.25, 0.3) is 0 Å². The fraction of sp³-hybridized carbons (Fsp3) is 0.562. The van der Waals surface area contributed by atoms with Gasteiger partial charge in [-0.05, 0) is 25.3 Å². The molecule has 1 rings (SSSR count). The van der Waals surface area contributed by atoms with Gasteiger partial charge in [0.25, 0.3) is 0 Å².